The summed E-state index contributed by atoms with van der Waals surface area (Å²) in [6, 6.07) is 22.3. The van der Waals surface area contributed by atoms with Gasteiger partial charge in [0.1, 0.15) is 0 Å². The van der Waals surface area contributed by atoms with Gasteiger partial charge >= 0.3 is 0 Å². The Morgan fingerprint density at radius 3 is 1.79 bits per heavy atom. The zero-order valence-corrected chi connectivity index (χ0v) is 12.0. The molecule has 1 atom stereocenters. The van der Waals surface area contributed by atoms with Gasteiger partial charge in [-0.1, -0.05) is 60.7 Å². The summed E-state index contributed by atoms with van der Waals surface area (Å²) in [5.74, 6) is 0.481. The third kappa shape index (κ3) is 3.20. The maximum absolute atomic E-state index is 3.65. The molecule has 1 heterocycles. The SMILES string of the molecule is S.c1ccc(C(c2ccccc2)[C@@H]2CCCN2)cc1. The minimum Gasteiger partial charge on any atom is -0.313 e. The molecule has 1 saturated heterocycles. The molecule has 3 rings (SSSR count). The lowest BCUT2D eigenvalue weighted by Gasteiger charge is -2.25. The van der Waals surface area contributed by atoms with Crippen LogP contribution in [0.5, 0.6) is 0 Å². The molecular formula is C17H21NS. The van der Waals surface area contributed by atoms with E-state index in [2.05, 4.69) is 66.0 Å². The highest BCUT2D eigenvalue weighted by Crippen LogP contribution is 2.31. The van der Waals surface area contributed by atoms with Crippen LogP contribution >= 0.6 is 13.5 Å². The minimum absolute atomic E-state index is 0. The lowest BCUT2D eigenvalue weighted by molar-refractivity contribution is 0.540. The lowest BCUT2D eigenvalue weighted by atomic mass is 9.84. The Balaban J connectivity index is 0.00000133. The fraction of sp³-hybridized carbons (Fsp3) is 0.294. The van der Waals surface area contributed by atoms with Gasteiger partial charge in [0.05, 0.1) is 0 Å². The Labute approximate surface area is 122 Å². The van der Waals surface area contributed by atoms with Crippen molar-refractivity contribution in [3.05, 3.63) is 71.8 Å². The molecule has 2 aromatic carbocycles. The number of hydrogen-bond acceptors (Lipinski definition) is 1. The van der Waals surface area contributed by atoms with Crippen molar-refractivity contribution in [3.8, 4) is 0 Å². The Morgan fingerprint density at radius 1 is 0.842 bits per heavy atom. The van der Waals surface area contributed by atoms with Crippen LogP contribution in [-0.4, -0.2) is 12.6 Å². The molecule has 0 aliphatic carbocycles. The molecule has 0 amide bonds. The summed E-state index contributed by atoms with van der Waals surface area (Å²) in [6.45, 7) is 1.15. The van der Waals surface area contributed by atoms with Gasteiger partial charge in [0.25, 0.3) is 0 Å². The third-order valence-electron chi connectivity index (χ3n) is 3.82. The van der Waals surface area contributed by atoms with Gasteiger partial charge in [-0.25, -0.2) is 0 Å². The summed E-state index contributed by atoms with van der Waals surface area (Å²) >= 11 is 0. The van der Waals surface area contributed by atoms with Crippen LogP contribution in [0.4, 0.5) is 0 Å². The standard InChI is InChI=1S/C17H19N.H2S/c1-3-8-14(9-4-1)17(16-12-7-13-18-16)15-10-5-2-6-11-15;/h1-6,8-11,16-18H,7,12-13H2;1H2/t16-;/m0./s1. The van der Waals surface area contributed by atoms with Crippen LogP contribution in [0, 0.1) is 0 Å². The predicted molar refractivity (Wildman–Crippen MR) is 86.1 cm³/mol. The Hall–Kier alpha value is -1.25. The van der Waals surface area contributed by atoms with E-state index in [4.69, 9.17) is 0 Å². The van der Waals surface area contributed by atoms with E-state index in [-0.39, 0.29) is 13.5 Å². The van der Waals surface area contributed by atoms with Crippen LogP contribution in [0.15, 0.2) is 60.7 Å². The molecule has 0 radical (unpaired) electrons. The van der Waals surface area contributed by atoms with Gasteiger partial charge in [0.2, 0.25) is 0 Å². The molecule has 0 unspecified atom stereocenters. The highest BCUT2D eigenvalue weighted by Gasteiger charge is 2.26. The van der Waals surface area contributed by atoms with Crippen LogP contribution in [0.3, 0.4) is 0 Å². The number of nitrogens with one attached hydrogen (secondary N) is 1. The highest BCUT2D eigenvalue weighted by atomic mass is 32.1. The maximum atomic E-state index is 3.65. The molecule has 0 spiro atoms. The van der Waals surface area contributed by atoms with E-state index < -0.39 is 0 Å². The quantitative estimate of drug-likeness (QED) is 0.898. The first-order valence-electron chi connectivity index (χ1n) is 6.78. The first-order chi connectivity index (χ1) is 8.95. The van der Waals surface area contributed by atoms with E-state index in [1.165, 1.54) is 24.0 Å². The molecular weight excluding hydrogens is 250 g/mol. The summed E-state index contributed by atoms with van der Waals surface area (Å²) < 4.78 is 0. The van der Waals surface area contributed by atoms with Crippen molar-refractivity contribution in [2.45, 2.75) is 24.8 Å². The summed E-state index contributed by atoms with van der Waals surface area (Å²) in [6.07, 6.45) is 2.56. The second-order valence-corrected chi connectivity index (χ2v) is 5.00. The molecule has 0 aromatic heterocycles. The summed E-state index contributed by atoms with van der Waals surface area (Å²) in [5, 5.41) is 3.65. The molecule has 19 heavy (non-hydrogen) atoms. The monoisotopic (exact) mass is 271 g/mol. The summed E-state index contributed by atoms with van der Waals surface area (Å²) in [4.78, 5) is 0. The molecule has 2 heteroatoms. The zero-order chi connectivity index (χ0) is 12.2. The van der Waals surface area contributed by atoms with Gasteiger partial charge in [-0.2, -0.15) is 13.5 Å². The van der Waals surface area contributed by atoms with Gasteiger partial charge in [-0.15, -0.1) is 0 Å². The topological polar surface area (TPSA) is 12.0 Å². The fourth-order valence-electron chi connectivity index (χ4n) is 2.97. The van der Waals surface area contributed by atoms with Crippen LogP contribution in [0.25, 0.3) is 0 Å². The van der Waals surface area contributed by atoms with E-state index >= 15 is 0 Å². The molecule has 0 saturated carbocycles. The summed E-state index contributed by atoms with van der Waals surface area (Å²) in [7, 11) is 0. The van der Waals surface area contributed by atoms with Crippen molar-refractivity contribution >= 4 is 13.5 Å². The Kier molecular flexibility index (Phi) is 5.06. The Morgan fingerprint density at radius 2 is 1.37 bits per heavy atom. The molecule has 2 aromatic rings. The van der Waals surface area contributed by atoms with Crippen molar-refractivity contribution in [1.82, 2.24) is 5.32 Å². The van der Waals surface area contributed by atoms with E-state index in [0.717, 1.165) is 6.54 Å². The van der Waals surface area contributed by atoms with Crippen molar-refractivity contribution in [3.63, 3.8) is 0 Å². The van der Waals surface area contributed by atoms with Crippen LogP contribution in [0.1, 0.15) is 29.9 Å². The number of hydrogen-bond donors (Lipinski definition) is 1. The van der Waals surface area contributed by atoms with Crippen molar-refractivity contribution in [1.29, 1.82) is 0 Å². The van der Waals surface area contributed by atoms with Gasteiger partial charge in [0.15, 0.2) is 0 Å². The molecule has 1 N–H and O–H groups in total. The first kappa shape index (κ1) is 14.2. The molecule has 100 valence electrons. The molecule has 1 aliphatic rings. The highest BCUT2D eigenvalue weighted by molar-refractivity contribution is 7.59. The van der Waals surface area contributed by atoms with Crippen LogP contribution in [0.2, 0.25) is 0 Å². The largest absolute Gasteiger partial charge is 0.313 e. The summed E-state index contributed by atoms with van der Waals surface area (Å²) in [5.41, 5.74) is 2.84. The zero-order valence-electron chi connectivity index (χ0n) is 11.0. The van der Waals surface area contributed by atoms with Gasteiger partial charge in [0, 0.05) is 12.0 Å². The molecule has 1 aliphatic heterocycles. The smallest absolute Gasteiger partial charge is 0.0243 e. The molecule has 1 nitrogen and oxygen atoms in total. The van der Waals surface area contributed by atoms with Crippen LogP contribution in [-0.2, 0) is 0 Å². The van der Waals surface area contributed by atoms with E-state index in [0.29, 0.717) is 12.0 Å². The van der Waals surface area contributed by atoms with E-state index in [9.17, 15) is 0 Å². The third-order valence-corrected chi connectivity index (χ3v) is 3.82. The second kappa shape index (κ2) is 6.78. The van der Waals surface area contributed by atoms with Crippen molar-refractivity contribution in [2.75, 3.05) is 6.54 Å². The van der Waals surface area contributed by atoms with Gasteiger partial charge in [-0.3, -0.25) is 0 Å². The fourth-order valence-corrected chi connectivity index (χ4v) is 2.97. The van der Waals surface area contributed by atoms with Crippen LogP contribution < -0.4 is 5.32 Å². The lowest BCUT2D eigenvalue weighted by Crippen LogP contribution is -2.29. The van der Waals surface area contributed by atoms with Crippen molar-refractivity contribution in [2.24, 2.45) is 0 Å². The minimum atomic E-state index is 0. The average molecular weight is 271 g/mol. The second-order valence-electron chi connectivity index (χ2n) is 5.00. The number of benzene rings is 2. The molecule has 1 fully saturated rings. The van der Waals surface area contributed by atoms with Gasteiger partial charge in [-0.05, 0) is 30.5 Å². The number of rotatable bonds is 3. The normalized spacial score (nSPS) is 18.3. The van der Waals surface area contributed by atoms with Gasteiger partial charge < -0.3 is 5.32 Å². The first-order valence-corrected chi connectivity index (χ1v) is 6.78. The molecule has 0 bridgehead atoms. The van der Waals surface area contributed by atoms with E-state index in [1.54, 1.807) is 0 Å². The average Bonchev–Trinajstić information content (AvgIpc) is 2.95. The Bertz CT molecular complexity index is 438. The van der Waals surface area contributed by atoms with E-state index in [1.807, 2.05) is 0 Å². The van der Waals surface area contributed by atoms with Crippen molar-refractivity contribution < 1.29 is 0 Å². The maximum Gasteiger partial charge on any atom is 0.0243 e. The predicted octanol–water partition coefficient (Wildman–Crippen LogP) is 3.68.